The minimum atomic E-state index is -5.25. The lowest BCUT2D eigenvalue weighted by atomic mass is 10.1. The third-order valence-corrected chi connectivity index (χ3v) is 2.77. The first-order valence-corrected chi connectivity index (χ1v) is 7.46. The van der Waals surface area contributed by atoms with Crippen LogP contribution in [0.4, 0.5) is 14.4 Å². The number of amides is 1. The van der Waals surface area contributed by atoms with Crippen molar-refractivity contribution in [1.29, 1.82) is 0 Å². The van der Waals surface area contributed by atoms with Gasteiger partial charge in [0, 0.05) is 11.6 Å². The maximum absolute atomic E-state index is 12.6. The standard InChI is InChI=1S/C13H16FNO6S/c1-8-9(7-16)5-10(21-22(14,18)19)6-11(8)15-12(17)20-13(2,3)4/h5-7H,1-4H3,(H,15,17). The molecule has 0 fully saturated rings. The fourth-order valence-corrected chi connectivity index (χ4v) is 1.86. The second-order valence-electron chi connectivity index (χ2n) is 5.41. The van der Waals surface area contributed by atoms with E-state index in [2.05, 4.69) is 9.50 Å². The zero-order chi connectivity index (χ0) is 17.1. The van der Waals surface area contributed by atoms with Crippen molar-refractivity contribution >= 4 is 28.6 Å². The lowest BCUT2D eigenvalue weighted by Gasteiger charge is -2.20. The fourth-order valence-electron chi connectivity index (χ4n) is 1.54. The molecule has 0 aliphatic carbocycles. The second-order valence-corrected chi connectivity index (χ2v) is 6.36. The van der Waals surface area contributed by atoms with Crippen molar-refractivity contribution in [2.24, 2.45) is 0 Å². The average molecular weight is 333 g/mol. The van der Waals surface area contributed by atoms with E-state index in [1.807, 2.05) is 0 Å². The predicted molar refractivity (Wildman–Crippen MR) is 77.1 cm³/mol. The summed E-state index contributed by atoms with van der Waals surface area (Å²) in [6, 6.07) is 2.11. The van der Waals surface area contributed by atoms with Gasteiger partial charge in [-0.1, -0.05) is 3.89 Å². The molecule has 1 aromatic carbocycles. The quantitative estimate of drug-likeness (QED) is 0.672. The van der Waals surface area contributed by atoms with E-state index in [9.17, 15) is 21.9 Å². The number of ether oxygens (including phenoxy) is 1. The lowest BCUT2D eigenvalue weighted by molar-refractivity contribution is 0.0635. The molecule has 1 N–H and O–H groups in total. The highest BCUT2D eigenvalue weighted by atomic mass is 32.3. The summed E-state index contributed by atoms with van der Waals surface area (Å²) >= 11 is 0. The van der Waals surface area contributed by atoms with Gasteiger partial charge in [-0.05, 0) is 39.3 Å². The Bertz CT molecular complexity index is 693. The normalized spacial score (nSPS) is 11.7. The van der Waals surface area contributed by atoms with Crippen LogP contribution in [0, 0.1) is 6.92 Å². The second kappa shape index (κ2) is 6.30. The molecule has 0 unspecified atom stereocenters. The van der Waals surface area contributed by atoms with Crippen molar-refractivity contribution in [1.82, 2.24) is 0 Å². The molecule has 122 valence electrons. The third kappa shape index (κ3) is 5.68. The Morgan fingerprint density at radius 2 is 1.91 bits per heavy atom. The summed E-state index contributed by atoms with van der Waals surface area (Å²) in [4.78, 5) is 22.7. The van der Waals surface area contributed by atoms with Crippen molar-refractivity contribution in [2.75, 3.05) is 5.32 Å². The topological polar surface area (TPSA) is 98.8 Å². The van der Waals surface area contributed by atoms with E-state index in [4.69, 9.17) is 4.74 Å². The van der Waals surface area contributed by atoms with E-state index in [0.29, 0.717) is 11.8 Å². The molecule has 0 spiro atoms. The monoisotopic (exact) mass is 333 g/mol. The number of benzene rings is 1. The smallest absolute Gasteiger partial charge is 0.444 e. The van der Waals surface area contributed by atoms with Gasteiger partial charge in [0.1, 0.15) is 11.4 Å². The van der Waals surface area contributed by atoms with E-state index >= 15 is 0 Å². The first-order valence-electron chi connectivity index (χ1n) is 6.15. The largest absolute Gasteiger partial charge is 0.488 e. The zero-order valence-corrected chi connectivity index (χ0v) is 13.3. The van der Waals surface area contributed by atoms with Crippen molar-refractivity contribution < 1.29 is 30.8 Å². The molecule has 7 nitrogen and oxygen atoms in total. The predicted octanol–water partition coefficient (Wildman–Crippen LogP) is 2.75. The summed E-state index contributed by atoms with van der Waals surface area (Å²) in [6.07, 6.45) is -0.388. The number of nitrogens with one attached hydrogen (secondary N) is 1. The number of carbonyl (C=O) groups excluding carboxylic acids is 2. The first kappa shape index (κ1) is 17.9. The molecular formula is C13H16FNO6S. The van der Waals surface area contributed by atoms with Crippen molar-refractivity contribution in [3.05, 3.63) is 23.3 Å². The zero-order valence-electron chi connectivity index (χ0n) is 12.5. The van der Waals surface area contributed by atoms with Crippen LogP contribution in [0.25, 0.3) is 0 Å². The van der Waals surface area contributed by atoms with Crippen LogP contribution in [0.15, 0.2) is 12.1 Å². The van der Waals surface area contributed by atoms with E-state index in [0.717, 1.165) is 12.1 Å². The van der Waals surface area contributed by atoms with E-state index in [-0.39, 0.29) is 11.3 Å². The Hall–Kier alpha value is -2.16. The van der Waals surface area contributed by atoms with E-state index < -0.39 is 27.9 Å². The fraction of sp³-hybridized carbons (Fsp3) is 0.385. The summed E-state index contributed by atoms with van der Waals surface area (Å²) in [5.74, 6) is -0.443. The van der Waals surface area contributed by atoms with E-state index in [1.165, 1.54) is 6.92 Å². The van der Waals surface area contributed by atoms with Crippen LogP contribution in [-0.2, 0) is 15.2 Å². The number of hydrogen-bond donors (Lipinski definition) is 1. The number of aldehydes is 1. The van der Waals surface area contributed by atoms with Gasteiger partial charge in [0.15, 0.2) is 6.29 Å². The van der Waals surface area contributed by atoms with E-state index in [1.54, 1.807) is 20.8 Å². The highest BCUT2D eigenvalue weighted by Crippen LogP contribution is 2.27. The van der Waals surface area contributed by atoms with Crippen LogP contribution in [0.1, 0.15) is 36.7 Å². The Morgan fingerprint density at radius 1 is 1.32 bits per heavy atom. The molecular weight excluding hydrogens is 317 g/mol. The summed E-state index contributed by atoms with van der Waals surface area (Å²) in [5.41, 5.74) is -0.295. The number of hydrogen-bond acceptors (Lipinski definition) is 6. The number of halogens is 1. The van der Waals surface area contributed by atoms with Gasteiger partial charge < -0.3 is 8.92 Å². The molecule has 0 aromatic heterocycles. The average Bonchev–Trinajstić information content (AvgIpc) is 2.28. The molecule has 0 aliphatic heterocycles. The van der Waals surface area contributed by atoms with Crippen molar-refractivity contribution in [3.63, 3.8) is 0 Å². The van der Waals surface area contributed by atoms with Crippen LogP contribution in [-0.4, -0.2) is 26.4 Å². The summed E-state index contributed by atoms with van der Waals surface area (Å²) in [6.45, 7) is 6.49. The van der Waals surface area contributed by atoms with Gasteiger partial charge in [-0.25, -0.2) is 4.79 Å². The van der Waals surface area contributed by atoms with Crippen LogP contribution < -0.4 is 9.50 Å². The summed E-state index contributed by atoms with van der Waals surface area (Å²) in [7, 11) is -5.25. The summed E-state index contributed by atoms with van der Waals surface area (Å²) < 4.78 is 42.7. The molecule has 0 bridgehead atoms. The minimum Gasteiger partial charge on any atom is -0.444 e. The molecule has 9 heteroatoms. The van der Waals surface area contributed by atoms with Gasteiger partial charge in [-0.2, -0.15) is 8.42 Å². The molecule has 0 heterocycles. The molecule has 1 aromatic rings. The Labute approximate surface area is 127 Å². The van der Waals surface area contributed by atoms with Crippen LogP contribution in [0.2, 0.25) is 0 Å². The van der Waals surface area contributed by atoms with Gasteiger partial charge in [0.05, 0.1) is 5.69 Å². The van der Waals surface area contributed by atoms with Gasteiger partial charge in [-0.15, -0.1) is 0 Å². The van der Waals surface area contributed by atoms with Gasteiger partial charge in [0.2, 0.25) is 0 Å². The van der Waals surface area contributed by atoms with Crippen LogP contribution in [0.3, 0.4) is 0 Å². The van der Waals surface area contributed by atoms with Crippen molar-refractivity contribution in [3.8, 4) is 5.75 Å². The minimum absolute atomic E-state index is 0.0345. The Balaban J connectivity index is 3.15. The molecule has 0 aliphatic rings. The highest BCUT2D eigenvalue weighted by Gasteiger charge is 2.19. The Morgan fingerprint density at radius 3 is 2.36 bits per heavy atom. The number of anilines is 1. The van der Waals surface area contributed by atoms with Crippen LogP contribution >= 0.6 is 0 Å². The molecule has 0 radical (unpaired) electrons. The van der Waals surface area contributed by atoms with Crippen LogP contribution in [0.5, 0.6) is 5.75 Å². The maximum Gasteiger partial charge on any atom is 0.488 e. The Kier molecular flexibility index (Phi) is 5.13. The molecule has 22 heavy (non-hydrogen) atoms. The number of carbonyl (C=O) groups is 2. The molecule has 0 saturated carbocycles. The number of rotatable bonds is 4. The third-order valence-electron chi connectivity index (χ3n) is 2.38. The molecule has 1 amide bonds. The lowest BCUT2D eigenvalue weighted by Crippen LogP contribution is -2.27. The SMILES string of the molecule is Cc1c(C=O)cc(OS(=O)(=O)F)cc1NC(=O)OC(C)(C)C. The highest BCUT2D eigenvalue weighted by molar-refractivity contribution is 7.81. The van der Waals surface area contributed by atoms with Gasteiger partial charge in [0.25, 0.3) is 0 Å². The molecule has 0 saturated heterocycles. The summed E-state index contributed by atoms with van der Waals surface area (Å²) in [5, 5.41) is 2.35. The molecule has 1 rings (SSSR count). The first-order chi connectivity index (χ1) is 9.91. The van der Waals surface area contributed by atoms with Crippen molar-refractivity contribution in [2.45, 2.75) is 33.3 Å². The maximum atomic E-state index is 12.6. The van der Waals surface area contributed by atoms with Gasteiger partial charge >= 0.3 is 16.6 Å². The molecule has 0 atom stereocenters. The van der Waals surface area contributed by atoms with Gasteiger partial charge in [-0.3, -0.25) is 10.1 Å².